The molecular weight excluding hydrogens is 294 g/mol. The Balaban J connectivity index is 2.92. The Labute approximate surface area is 97.2 Å². The Morgan fingerprint density at radius 1 is 1.57 bits per heavy atom. The summed E-state index contributed by atoms with van der Waals surface area (Å²) >= 11 is 2.13. The van der Waals surface area contributed by atoms with Crippen molar-refractivity contribution >= 4 is 22.6 Å². The van der Waals surface area contributed by atoms with Gasteiger partial charge in [-0.2, -0.15) is 0 Å². The first-order valence-corrected chi connectivity index (χ1v) is 5.68. The minimum absolute atomic E-state index is 0.118. The fourth-order valence-electron chi connectivity index (χ4n) is 1.40. The van der Waals surface area contributed by atoms with E-state index in [0.29, 0.717) is 0 Å². The van der Waals surface area contributed by atoms with Crippen LogP contribution in [0.15, 0.2) is 18.2 Å². The summed E-state index contributed by atoms with van der Waals surface area (Å²) in [4.78, 5) is 0. The average molecular weight is 308 g/mol. The SMILES string of the molecule is CCCC(NN)c1ccc(F)cc1I. The van der Waals surface area contributed by atoms with E-state index in [1.54, 1.807) is 6.07 Å². The molecule has 1 aromatic rings. The molecule has 78 valence electrons. The van der Waals surface area contributed by atoms with Gasteiger partial charge in [0.1, 0.15) is 5.82 Å². The Morgan fingerprint density at radius 3 is 2.79 bits per heavy atom. The number of hydrogen-bond acceptors (Lipinski definition) is 2. The van der Waals surface area contributed by atoms with Gasteiger partial charge in [0.05, 0.1) is 0 Å². The molecule has 0 aromatic heterocycles. The van der Waals surface area contributed by atoms with Gasteiger partial charge in [-0.1, -0.05) is 19.4 Å². The third kappa shape index (κ3) is 2.90. The highest BCUT2D eigenvalue weighted by Gasteiger charge is 2.11. The zero-order valence-electron chi connectivity index (χ0n) is 8.06. The van der Waals surface area contributed by atoms with Crippen LogP contribution in [0.1, 0.15) is 31.4 Å². The Kier molecular flexibility index (Phi) is 4.77. The monoisotopic (exact) mass is 308 g/mol. The number of hydrazine groups is 1. The van der Waals surface area contributed by atoms with Crippen LogP contribution in [0.25, 0.3) is 0 Å². The fourth-order valence-corrected chi connectivity index (χ4v) is 2.25. The van der Waals surface area contributed by atoms with Crippen molar-refractivity contribution in [1.29, 1.82) is 0 Å². The summed E-state index contributed by atoms with van der Waals surface area (Å²) in [5.74, 6) is 5.25. The van der Waals surface area contributed by atoms with Crippen molar-refractivity contribution in [3.8, 4) is 0 Å². The van der Waals surface area contributed by atoms with Gasteiger partial charge in [0.15, 0.2) is 0 Å². The van der Waals surface area contributed by atoms with Crippen LogP contribution in [0.5, 0.6) is 0 Å². The van der Waals surface area contributed by atoms with Gasteiger partial charge >= 0.3 is 0 Å². The number of benzene rings is 1. The molecule has 1 atom stereocenters. The lowest BCUT2D eigenvalue weighted by atomic mass is 10.0. The Hall–Kier alpha value is -0.200. The lowest BCUT2D eigenvalue weighted by Gasteiger charge is -2.16. The largest absolute Gasteiger partial charge is 0.271 e. The first kappa shape index (κ1) is 11.9. The van der Waals surface area contributed by atoms with E-state index in [4.69, 9.17) is 5.84 Å². The van der Waals surface area contributed by atoms with Crippen molar-refractivity contribution in [2.24, 2.45) is 5.84 Å². The summed E-state index contributed by atoms with van der Waals surface area (Å²) in [6.45, 7) is 2.10. The third-order valence-electron chi connectivity index (χ3n) is 2.12. The van der Waals surface area contributed by atoms with Gasteiger partial charge in [0.2, 0.25) is 0 Å². The van der Waals surface area contributed by atoms with Gasteiger partial charge in [-0.05, 0) is 46.7 Å². The van der Waals surface area contributed by atoms with E-state index >= 15 is 0 Å². The van der Waals surface area contributed by atoms with E-state index in [0.717, 1.165) is 22.0 Å². The first-order chi connectivity index (χ1) is 6.69. The summed E-state index contributed by atoms with van der Waals surface area (Å²) < 4.78 is 13.8. The molecule has 0 fully saturated rings. The number of rotatable bonds is 4. The molecule has 1 aromatic carbocycles. The third-order valence-corrected chi connectivity index (χ3v) is 3.05. The van der Waals surface area contributed by atoms with Crippen molar-refractivity contribution < 1.29 is 4.39 Å². The predicted octanol–water partition coefficient (Wildman–Crippen LogP) is 2.73. The van der Waals surface area contributed by atoms with Gasteiger partial charge in [-0.3, -0.25) is 11.3 Å². The van der Waals surface area contributed by atoms with Gasteiger partial charge in [0, 0.05) is 9.61 Å². The molecule has 1 rings (SSSR count). The average Bonchev–Trinajstić information content (AvgIpc) is 2.15. The van der Waals surface area contributed by atoms with E-state index < -0.39 is 0 Å². The Morgan fingerprint density at radius 2 is 2.29 bits per heavy atom. The minimum atomic E-state index is -0.203. The van der Waals surface area contributed by atoms with Crippen LogP contribution in [0, 0.1) is 9.39 Å². The molecule has 0 bridgehead atoms. The molecule has 0 amide bonds. The second kappa shape index (κ2) is 5.63. The van der Waals surface area contributed by atoms with Crippen molar-refractivity contribution in [2.45, 2.75) is 25.8 Å². The maximum atomic E-state index is 12.8. The quantitative estimate of drug-likeness (QED) is 0.510. The molecule has 0 saturated heterocycles. The molecule has 3 N–H and O–H groups in total. The highest BCUT2D eigenvalue weighted by molar-refractivity contribution is 14.1. The van der Waals surface area contributed by atoms with Crippen LogP contribution in [-0.2, 0) is 0 Å². The van der Waals surface area contributed by atoms with E-state index in [-0.39, 0.29) is 11.9 Å². The molecule has 0 spiro atoms. The van der Waals surface area contributed by atoms with E-state index in [2.05, 4.69) is 34.9 Å². The first-order valence-electron chi connectivity index (χ1n) is 4.60. The molecule has 0 saturated carbocycles. The number of nitrogens with two attached hydrogens (primary N) is 1. The molecule has 14 heavy (non-hydrogen) atoms. The number of hydrogen-bond donors (Lipinski definition) is 2. The predicted molar refractivity (Wildman–Crippen MR) is 64.1 cm³/mol. The standard InChI is InChI=1S/C10H14FIN2/c1-2-3-10(14-13)8-5-4-7(11)6-9(8)12/h4-6,10,14H,2-3,13H2,1H3. The molecule has 1 unspecified atom stereocenters. The molecule has 2 nitrogen and oxygen atoms in total. The zero-order chi connectivity index (χ0) is 10.6. The summed E-state index contributed by atoms with van der Waals surface area (Å²) in [6, 6.07) is 4.90. The van der Waals surface area contributed by atoms with Gasteiger partial charge in [-0.15, -0.1) is 0 Å². The highest BCUT2D eigenvalue weighted by atomic mass is 127. The topological polar surface area (TPSA) is 38.0 Å². The van der Waals surface area contributed by atoms with Crippen molar-refractivity contribution in [3.05, 3.63) is 33.1 Å². The number of halogens is 2. The van der Waals surface area contributed by atoms with Crippen LogP contribution in [0.4, 0.5) is 4.39 Å². The van der Waals surface area contributed by atoms with E-state index in [9.17, 15) is 4.39 Å². The summed E-state index contributed by atoms with van der Waals surface area (Å²) in [7, 11) is 0. The molecule has 0 aliphatic heterocycles. The lowest BCUT2D eigenvalue weighted by Crippen LogP contribution is -2.28. The molecule has 0 aliphatic carbocycles. The van der Waals surface area contributed by atoms with Crippen LogP contribution in [0.3, 0.4) is 0 Å². The fraction of sp³-hybridized carbons (Fsp3) is 0.400. The van der Waals surface area contributed by atoms with Gasteiger partial charge < -0.3 is 0 Å². The van der Waals surface area contributed by atoms with E-state index in [1.807, 2.05) is 0 Å². The van der Waals surface area contributed by atoms with Crippen LogP contribution in [-0.4, -0.2) is 0 Å². The molecular formula is C10H14FIN2. The summed E-state index contributed by atoms with van der Waals surface area (Å²) in [6.07, 6.45) is 2.00. The van der Waals surface area contributed by atoms with Crippen LogP contribution < -0.4 is 11.3 Å². The number of nitrogens with one attached hydrogen (secondary N) is 1. The summed E-state index contributed by atoms with van der Waals surface area (Å²) in [5, 5.41) is 0. The zero-order valence-corrected chi connectivity index (χ0v) is 10.2. The minimum Gasteiger partial charge on any atom is -0.271 e. The van der Waals surface area contributed by atoms with Crippen molar-refractivity contribution in [3.63, 3.8) is 0 Å². The van der Waals surface area contributed by atoms with E-state index in [1.165, 1.54) is 12.1 Å². The maximum Gasteiger partial charge on any atom is 0.124 e. The van der Waals surface area contributed by atoms with Crippen molar-refractivity contribution in [2.75, 3.05) is 0 Å². The highest BCUT2D eigenvalue weighted by Crippen LogP contribution is 2.23. The second-order valence-electron chi connectivity index (χ2n) is 3.17. The molecule has 0 radical (unpaired) electrons. The normalized spacial score (nSPS) is 12.9. The Bertz CT molecular complexity index is 304. The maximum absolute atomic E-state index is 12.8. The van der Waals surface area contributed by atoms with Gasteiger partial charge in [0.25, 0.3) is 0 Å². The van der Waals surface area contributed by atoms with Crippen LogP contribution >= 0.6 is 22.6 Å². The lowest BCUT2D eigenvalue weighted by molar-refractivity contribution is 0.506. The van der Waals surface area contributed by atoms with Crippen LogP contribution in [0.2, 0.25) is 0 Å². The second-order valence-corrected chi connectivity index (χ2v) is 4.34. The van der Waals surface area contributed by atoms with Crippen molar-refractivity contribution in [1.82, 2.24) is 5.43 Å². The molecule has 0 aliphatic rings. The smallest absolute Gasteiger partial charge is 0.124 e. The summed E-state index contributed by atoms with van der Waals surface area (Å²) in [5.41, 5.74) is 3.82. The van der Waals surface area contributed by atoms with Gasteiger partial charge in [-0.25, -0.2) is 4.39 Å². The molecule has 0 heterocycles. The molecule has 4 heteroatoms.